The summed E-state index contributed by atoms with van der Waals surface area (Å²) in [7, 11) is 0. The molecule has 0 heterocycles. The van der Waals surface area contributed by atoms with Gasteiger partial charge in [-0.3, -0.25) is 38.4 Å². The summed E-state index contributed by atoms with van der Waals surface area (Å²) in [6, 6.07) is 2.70. The van der Waals surface area contributed by atoms with Crippen molar-refractivity contribution >= 4 is 47.3 Å². The summed E-state index contributed by atoms with van der Waals surface area (Å²) in [5.74, 6) is -5.80. The van der Waals surface area contributed by atoms with Crippen molar-refractivity contribution in [1.29, 1.82) is 0 Å². The molecule has 9 N–H and O–H groups in total. The summed E-state index contributed by atoms with van der Waals surface area (Å²) in [4.78, 5) is 106. The molecule has 16 nitrogen and oxygen atoms in total. The van der Waals surface area contributed by atoms with Crippen molar-refractivity contribution in [2.75, 3.05) is 0 Å². The van der Waals surface area contributed by atoms with E-state index in [1.807, 2.05) is 45.9 Å². The first-order valence-corrected chi connectivity index (χ1v) is 20.1. The summed E-state index contributed by atoms with van der Waals surface area (Å²) < 4.78 is 0. The Labute approximate surface area is 344 Å². The number of benzene rings is 1. The van der Waals surface area contributed by atoms with Gasteiger partial charge in [-0.25, -0.2) is 0 Å². The van der Waals surface area contributed by atoms with Gasteiger partial charge >= 0.3 is 0 Å². The average molecular weight is 815 g/mol. The lowest BCUT2D eigenvalue weighted by atomic mass is 9.67. The van der Waals surface area contributed by atoms with E-state index in [4.69, 9.17) is 5.73 Å². The number of hydrogen-bond donors (Lipinski definition) is 8. The van der Waals surface area contributed by atoms with Crippen LogP contribution in [-0.4, -0.2) is 89.0 Å². The van der Waals surface area contributed by atoms with E-state index < -0.39 is 100 Å². The first-order valence-electron chi connectivity index (χ1n) is 20.1. The van der Waals surface area contributed by atoms with Crippen molar-refractivity contribution in [3.05, 3.63) is 35.9 Å². The Morgan fingerprint density at radius 2 is 0.966 bits per heavy atom. The smallest absolute Gasteiger partial charge is 0.247 e. The number of nitrogens with one attached hydrogen (secondary N) is 7. The molecule has 0 radical (unpaired) electrons. The number of amides is 8. The Bertz CT molecular complexity index is 1610. The highest BCUT2D eigenvalue weighted by Crippen LogP contribution is 2.36. The zero-order chi connectivity index (χ0) is 44.9. The minimum atomic E-state index is -1.75. The van der Waals surface area contributed by atoms with Crippen molar-refractivity contribution < 1.29 is 38.4 Å². The molecule has 1 aromatic rings. The van der Waals surface area contributed by atoms with Crippen LogP contribution in [0.2, 0.25) is 0 Å². The molecule has 0 aliphatic rings. The van der Waals surface area contributed by atoms with E-state index in [1.54, 1.807) is 60.6 Å². The predicted molar refractivity (Wildman–Crippen MR) is 222 cm³/mol. The molecule has 0 aliphatic carbocycles. The molecule has 0 spiro atoms. The van der Waals surface area contributed by atoms with E-state index in [-0.39, 0.29) is 24.2 Å². The highest BCUT2D eigenvalue weighted by atomic mass is 16.2. The first kappa shape index (κ1) is 51.0. The molecule has 0 fully saturated rings. The highest BCUT2D eigenvalue weighted by Gasteiger charge is 2.51. The highest BCUT2D eigenvalue weighted by molar-refractivity contribution is 5.99. The van der Waals surface area contributed by atoms with Crippen LogP contribution in [0.5, 0.6) is 0 Å². The van der Waals surface area contributed by atoms with Crippen LogP contribution < -0.4 is 43.0 Å². The zero-order valence-electron chi connectivity index (χ0n) is 36.9. The van der Waals surface area contributed by atoms with Gasteiger partial charge < -0.3 is 43.0 Å². The van der Waals surface area contributed by atoms with Gasteiger partial charge in [-0.15, -0.1) is 0 Å². The van der Waals surface area contributed by atoms with Crippen molar-refractivity contribution in [2.45, 2.75) is 157 Å². The second kappa shape index (κ2) is 22.2. The Morgan fingerprint density at radius 3 is 1.36 bits per heavy atom. The number of primary amides is 1. The molecule has 8 amide bonds. The topological polar surface area (TPSA) is 247 Å². The number of hydrogen-bond acceptors (Lipinski definition) is 8. The fraction of sp³-hybridized carbons (Fsp3) is 0.667. The van der Waals surface area contributed by atoms with Crippen LogP contribution in [0.3, 0.4) is 0 Å². The molecule has 0 bridgehead atoms. The standard InChI is InChI=1S/C42H70N8O8/c1-22(2)20-30(34(43)52)47-35(53)26(9)45-39(57)33(25(7)8)49-40(58)42(14,41(12,13)29-18-16-15-17-19-29)50-37(55)31(21-23(3)4)48-36(54)27(10)44-38(56)32(24(5)6)46-28(11)51/h15-19,22-27,30-33H,20-21H2,1-14H3,(H2,43,52)(H,44,56)(H,45,57)(H,46,51)(H,47,53)(H,48,54)(H,49,58)(H,50,55)/t26-,27-,30-,31-,32-,33-,42?/m0/s1. The molecule has 0 aromatic heterocycles. The summed E-state index contributed by atoms with van der Waals surface area (Å²) in [5, 5.41) is 18.9. The lowest BCUT2D eigenvalue weighted by molar-refractivity contribution is -0.140. The molecule has 0 saturated heterocycles. The SMILES string of the molecule is CC(=O)N[C@H](C(=O)N[C@@H](C)C(=O)N[C@@H](CC(C)C)C(=O)NC(C)(C(=O)N[C@H](C(=O)N[C@@H](C)C(=O)N[C@@H](CC(C)C)C(N)=O)C(C)C)C(C)(C)c1ccccc1)C(C)C. The van der Waals surface area contributed by atoms with Gasteiger partial charge in [0, 0.05) is 12.3 Å². The maximum atomic E-state index is 14.7. The van der Waals surface area contributed by atoms with E-state index in [0.29, 0.717) is 12.0 Å². The van der Waals surface area contributed by atoms with Crippen molar-refractivity contribution in [2.24, 2.45) is 29.4 Å². The average Bonchev–Trinajstić information content (AvgIpc) is 3.11. The maximum Gasteiger partial charge on any atom is 0.247 e. The summed E-state index contributed by atoms with van der Waals surface area (Å²) in [6.45, 7) is 23.7. The maximum absolute atomic E-state index is 14.7. The molecule has 7 atom stereocenters. The third-order valence-electron chi connectivity index (χ3n) is 10.3. The first-order chi connectivity index (χ1) is 26.7. The van der Waals surface area contributed by atoms with Crippen LogP contribution >= 0.6 is 0 Å². The van der Waals surface area contributed by atoms with Crippen LogP contribution in [0.1, 0.15) is 115 Å². The molecule has 1 unspecified atom stereocenters. The predicted octanol–water partition coefficient (Wildman–Crippen LogP) is 1.70. The monoisotopic (exact) mass is 815 g/mol. The summed E-state index contributed by atoms with van der Waals surface area (Å²) in [5.41, 5.74) is 3.30. The van der Waals surface area contributed by atoms with Gasteiger partial charge in [-0.05, 0) is 62.8 Å². The number of nitrogens with two attached hydrogens (primary N) is 1. The van der Waals surface area contributed by atoms with Gasteiger partial charge in [-0.2, -0.15) is 0 Å². The summed E-state index contributed by atoms with van der Waals surface area (Å²) >= 11 is 0. The van der Waals surface area contributed by atoms with Crippen LogP contribution in [0.4, 0.5) is 0 Å². The second-order valence-corrected chi connectivity index (χ2v) is 17.5. The molecule has 326 valence electrons. The van der Waals surface area contributed by atoms with Gasteiger partial charge in [0.05, 0.1) is 0 Å². The molecule has 1 rings (SSSR count). The van der Waals surface area contributed by atoms with Gasteiger partial charge in [0.15, 0.2) is 0 Å². The molecule has 58 heavy (non-hydrogen) atoms. The van der Waals surface area contributed by atoms with Gasteiger partial charge in [-0.1, -0.05) is 99.6 Å². The fourth-order valence-corrected chi connectivity index (χ4v) is 6.30. The van der Waals surface area contributed by atoms with Crippen molar-refractivity contribution in [3.63, 3.8) is 0 Å². The molecular weight excluding hydrogens is 745 g/mol. The quantitative estimate of drug-likeness (QED) is 0.0854. The van der Waals surface area contributed by atoms with Crippen LogP contribution in [0.15, 0.2) is 30.3 Å². The minimum Gasteiger partial charge on any atom is -0.368 e. The Morgan fingerprint density at radius 1 is 0.552 bits per heavy atom. The zero-order valence-corrected chi connectivity index (χ0v) is 36.9. The number of carbonyl (C=O) groups excluding carboxylic acids is 8. The summed E-state index contributed by atoms with van der Waals surface area (Å²) in [6.07, 6.45) is 0.483. The van der Waals surface area contributed by atoms with Gasteiger partial charge in [0.1, 0.15) is 41.8 Å². The normalized spacial score (nSPS) is 15.8. The minimum absolute atomic E-state index is 0.0612. The number of rotatable bonds is 22. The van der Waals surface area contributed by atoms with Crippen LogP contribution in [0.25, 0.3) is 0 Å². The van der Waals surface area contributed by atoms with Crippen LogP contribution in [0, 0.1) is 23.7 Å². The molecule has 16 heteroatoms. The largest absolute Gasteiger partial charge is 0.368 e. The molecule has 1 aromatic carbocycles. The Kier molecular flexibility index (Phi) is 19.5. The number of carbonyl (C=O) groups is 8. The molecular formula is C42H70N8O8. The van der Waals surface area contributed by atoms with E-state index in [1.165, 1.54) is 20.8 Å². The Balaban J connectivity index is 3.50. The van der Waals surface area contributed by atoms with E-state index in [2.05, 4.69) is 37.2 Å². The van der Waals surface area contributed by atoms with Gasteiger partial charge in [0.25, 0.3) is 0 Å². The molecule has 0 saturated carbocycles. The van der Waals surface area contributed by atoms with E-state index in [0.717, 1.165) is 0 Å². The van der Waals surface area contributed by atoms with Gasteiger partial charge in [0.2, 0.25) is 47.3 Å². The van der Waals surface area contributed by atoms with Crippen molar-refractivity contribution in [3.8, 4) is 0 Å². The lowest BCUT2D eigenvalue weighted by Gasteiger charge is -2.45. The van der Waals surface area contributed by atoms with E-state index >= 15 is 0 Å². The third-order valence-corrected chi connectivity index (χ3v) is 10.3. The van der Waals surface area contributed by atoms with Crippen molar-refractivity contribution in [1.82, 2.24) is 37.2 Å². The lowest BCUT2D eigenvalue weighted by Crippen LogP contribution is -2.70. The molecule has 0 aliphatic heterocycles. The van der Waals surface area contributed by atoms with E-state index in [9.17, 15) is 38.4 Å². The third kappa shape index (κ3) is 14.7. The van der Waals surface area contributed by atoms with Crippen LogP contribution in [-0.2, 0) is 43.8 Å². The Hall–Kier alpha value is -5.02. The fourth-order valence-electron chi connectivity index (χ4n) is 6.30. The second-order valence-electron chi connectivity index (χ2n) is 17.5.